The zero-order valence-electron chi connectivity index (χ0n) is 13.1. The third kappa shape index (κ3) is 4.68. The molecular weight excluding hydrogens is 336 g/mol. The molecule has 1 N–H and O–H groups in total. The zero-order chi connectivity index (χ0) is 17.7. The lowest BCUT2D eigenvalue weighted by molar-refractivity contribution is -0.384. The number of non-ortho nitro benzene ring substituents is 1. The van der Waals surface area contributed by atoms with Crippen molar-refractivity contribution in [2.75, 3.05) is 13.2 Å². The Kier molecular flexibility index (Phi) is 6.16. The van der Waals surface area contributed by atoms with Crippen LogP contribution in [0.4, 0.5) is 10.5 Å². The lowest BCUT2D eigenvalue weighted by atomic mass is 10.2. The van der Waals surface area contributed by atoms with Gasteiger partial charge in [-0.25, -0.2) is 4.79 Å². The third-order valence-corrected chi connectivity index (χ3v) is 4.67. The van der Waals surface area contributed by atoms with E-state index < -0.39 is 11.0 Å². The van der Waals surface area contributed by atoms with Gasteiger partial charge < -0.3 is 14.7 Å². The Hall–Kier alpha value is -2.13. The van der Waals surface area contributed by atoms with Crippen LogP contribution in [0.3, 0.4) is 0 Å². The van der Waals surface area contributed by atoms with Crippen LogP contribution < -0.4 is 0 Å². The van der Waals surface area contributed by atoms with Gasteiger partial charge in [-0.1, -0.05) is 11.8 Å². The van der Waals surface area contributed by atoms with E-state index >= 15 is 0 Å². The quantitative estimate of drug-likeness (QED) is 0.635. The summed E-state index contributed by atoms with van der Waals surface area (Å²) >= 11 is 1.16. The van der Waals surface area contributed by atoms with Crippen LogP contribution in [-0.4, -0.2) is 50.6 Å². The maximum Gasteiger partial charge on any atom is 0.410 e. The average molecular weight is 354 g/mol. The smallest absolute Gasteiger partial charge is 0.410 e. The molecule has 1 saturated heterocycles. The summed E-state index contributed by atoms with van der Waals surface area (Å²) in [7, 11) is 0. The summed E-state index contributed by atoms with van der Waals surface area (Å²) in [5.41, 5.74) is 0.595. The van der Waals surface area contributed by atoms with E-state index in [9.17, 15) is 24.8 Å². The van der Waals surface area contributed by atoms with Gasteiger partial charge in [0.2, 0.25) is 0 Å². The maximum atomic E-state index is 12.2. The van der Waals surface area contributed by atoms with Crippen molar-refractivity contribution in [1.29, 1.82) is 0 Å². The van der Waals surface area contributed by atoms with E-state index in [1.54, 1.807) is 0 Å². The minimum Gasteiger partial charge on any atom is -0.445 e. The fourth-order valence-corrected chi connectivity index (χ4v) is 3.56. The number of ether oxygens (including phenoxy) is 1. The number of amides is 1. The van der Waals surface area contributed by atoms with Gasteiger partial charge in [0, 0.05) is 30.9 Å². The summed E-state index contributed by atoms with van der Waals surface area (Å²) in [4.78, 5) is 34.9. The van der Waals surface area contributed by atoms with Crippen molar-refractivity contribution in [2.45, 2.75) is 31.2 Å². The van der Waals surface area contributed by atoms with E-state index in [1.165, 1.54) is 36.1 Å². The first-order chi connectivity index (χ1) is 11.4. The second-order valence-corrected chi connectivity index (χ2v) is 6.91. The third-order valence-electron chi connectivity index (χ3n) is 3.66. The Morgan fingerprint density at radius 1 is 1.42 bits per heavy atom. The molecule has 1 aliphatic heterocycles. The lowest BCUT2D eigenvalue weighted by Gasteiger charge is -2.22. The summed E-state index contributed by atoms with van der Waals surface area (Å²) in [5.74, 6) is 0. The van der Waals surface area contributed by atoms with E-state index in [4.69, 9.17) is 4.74 Å². The predicted molar refractivity (Wildman–Crippen MR) is 87.5 cm³/mol. The normalized spacial score (nSPS) is 20.0. The number of benzene rings is 1. The molecule has 9 heteroatoms. The first-order valence-corrected chi connectivity index (χ1v) is 8.23. The Bertz CT molecular complexity index is 621. The highest BCUT2D eigenvalue weighted by Crippen LogP contribution is 2.28. The van der Waals surface area contributed by atoms with Gasteiger partial charge in [0.15, 0.2) is 5.12 Å². The summed E-state index contributed by atoms with van der Waals surface area (Å²) in [5, 5.41) is 19.9. The number of aliphatic hydroxyl groups excluding tert-OH is 1. The summed E-state index contributed by atoms with van der Waals surface area (Å²) in [6, 6.07) is 5.36. The van der Waals surface area contributed by atoms with Gasteiger partial charge in [-0.05, 0) is 24.1 Å². The van der Waals surface area contributed by atoms with Crippen LogP contribution in [0.2, 0.25) is 0 Å². The molecule has 0 spiro atoms. The molecule has 8 nitrogen and oxygen atoms in total. The van der Waals surface area contributed by atoms with E-state index in [2.05, 4.69) is 0 Å². The summed E-state index contributed by atoms with van der Waals surface area (Å²) in [6.45, 7) is 1.60. The van der Waals surface area contributed by atoms with Crippen LogP contribution in [0.1, 0.15) is 18.9 Å². The summed E-state index contributed by atoms with van der Waals surface area (Å²) < 4.78 is 5.21. The highest BCUT2D eigenvalue weighted by molar-refractivity contribution is 8.14. The molecule has 0 saturated carbocycles. The van der Waals surface area contributed by atoms with Crippen molar-refractivity contribution in [2.24, 2.45) is 0 Å². The molecule has 1 amide bonds. The second kappa shape index (κ2) is 8.11. The van der Waals surface area contributed by atoms with Gasteiger partial charge in [-0.2, -0.15) is 0 Å². The maximum absolute atomic E-state index is 12.2. The van der Waals surface area contributed by atoms with Crippen LogP contribution in [0.5, 0.6) is 0 Å². The Labute approximate surface area is 142 Å². The number of aliphatic hydroxyl groups is 1. The molecule has 130 valence electrons. The Balaban J connectivity index is 1.91. The van der Waals surface area contributed by atoms with Crippen LogP contribution in [-0.2, 0) is 16.1 Å². The largest absolute Gasteiger partial charge is 0.445 e. The van der Waals surface area contributed by atoms with Gasteiger partial charge in [0.25, 0.3) is 5.69 Å². The molecular formula is C15H18N2O6S. The van der Waals surface area contributed by atoms with Crippen LogP contribution in [0.15, 0.2) is 24.3 Å². The summed E-state index contributed by atoms with van der Waals surface area (Å²) in [6.07, 6.45) is -0.0352. The second-order valence-electron chi connectivity index (χ2n) is 5.43. The van der Waals surface area contributed by atoms with Crippen molar-refractivity contribution in [3.8, 4) is 0 Å². The van der Waals surface area contributed by atoms with Crippen molar-refractivity contribution in [3.63, 3.8) is 0 Å². The molecule has 1 aromatic rings. The number of hydrogen-bond donors (Lipinski definition) is 1. The van der Waals surface area contributed by atoms with Crippen molar-refractivity contribution < 1.29 is 24.4 Å². The van der Waals surface area contributed by atoms with Gasteiger partial charge in [0.1, 0.15) is 6.61 Å². The molecule has 1 aliphatic rings. The standard InChI is InChI=1S/C15H18N2O6S/c1-10(19)24-14-6-13(8-18)16(7-14)15(20)23-9-11-2-4-12(5-3-11)17(21)22/h2-5,13-14,18H,6-9H2,1H3/t13-,14+/m0/s1. The minimum atomic E-state index is -0.570. The first-order valence-electron chi connectivity index (χ1n) is 7.35. The lowest BCUT2D eigenvalue weighted by Crippen LogP contribution is -2.38. The van der Waals surface area contributed by atoms with Crippen LogP contribution >= 0.6 is 11.8 Å². The predicted octanol–water partition coefficient (Wildman–Crippen LogP) is 1.95. The van der Waals surface area contributed by atoms with Crippen molar-refractivity contribution in [3.05, 3.63) is 39.9 Å². The molecule has 2 atom stereocenters. The number of carbonyl (C=O) groups is 2. The number of nitro benzene ring substituents is 1. The van der Waals surface area contributed by atoms with Gasteiger partial charge in [0.05, 0.1) is 17.6 Å². The van der Waals surface area contributed by atoms with Gasteiger partial charge in [-0.15, -0.1) is 0 Å². The van der Waals surface area contributed by atoms with E-state index in [1.807, 2.05) is 0 Å². The molecule has 2 rings (SSSR count). The number of nitro groups is 1. The molecule has 1 fully saturated rings. The molecule has 0 aliphatic carbocycles. The van der Waals surface area contributed by atoms with Crippen molar-refractivity contribution in [1.82, 2.24) is 4.90 Å². The number of thioether (sulfide) groups is 1. The van der Waals surface area contributed by atoms with Crippen molar-refractivity contribution >= 4 is 28.7 Å². The molecule has 0 aromatic heterocycles. The number of nitrogens with zero attached hydrogens (tertiary/aromatic N) is 2. The zero-order valence-corrected chi connectivity index (χ0v) is 13.9. The molecule has 24 heavy (non-hydrogen) atoms. The topological polar surface area (TPSA) is 110 Å². The minimum absolute atomic E-state index is 0.0179. The molecule has 1 heterocycles. The fraction of sp³-hybridized carbons (Fsp3) is 0.467. The highest BCUT2D eigenvalue weighted by Gasteiger charge is 2.36. The molecule has 0 radical (unpaired) electrons. The monoisotopic (exact) mass is 354 g/mol. The number of rotatable bonds is 5. The van der Waals surface area contributed by atoms with E-state index in [-0.39, 0.29) is 35.3 Å². The SMILES string of the molecule is CC(=O)S[C@@H]1C[C@@H](CO)N(C(=O)OCc2ccc([N+](=O)[O-])cc2)C1. The van der Waals surface area contributed by atoms with Crippen LogP contribution in [0.25, 0.3) is 0 Å². The highest BCUT2D eigenvalue weighted by atomic mass is 32.2. The Morgan fingerprint density at radius 3 is 2.62 bits per heavy atom. The molecule has 0 unspecified atom stereocenters. The number of hydrogen-bond acceptors (Lipinski definition) is 7. The fourth-order valence-electron chi connectivity index (χ4n) is 2.53. The molecule has 1 aromatic carbocycles. The number of carbonyl (C=O) groups excluding carboxylic acids is 2. The van der Waals surface area contributed by atoms with E-state index in [0.717, 1.165) is 11.8 Å². The average Bonchev–Trinajstić information content (AvgIpc) is 2.95. The van der Waals surface area contributed by atoms with E-state index in [0.29, 0.717) is 18.5 Å². The van der Waals surface area contributed by atoms with Gasteiger partial charge in [-0.3, -0.25) is 14.9 Å². The molecule has 0 bridgehead atoms. The van der Waals surface area contributed by atoms with Crippen LogP contribution in [0, 0.1) is 10.1 Å². The Morgan fingerprint density at radius 2 is 2.08 bits per heavy atom. The number of likely N-dealkylation sites (tertiary alicyclic amines) is 1. The van der Waals surface area contributed by atoms with Gasteiger partial charge >= 0.3 is 6.09 Å². The first kappa shape index (κ1) is 18.2.